The maximum Gasteiger partial charge on any atom is 0.303 e. The van der Waals surface area contributed by atoms with Gasteiger partial charge in [-0.25, -0.2) is 0 Å². The molecule has 0 aliphatic heterocycles. The van der Waals surface area contributed by atoms with Crippen LogP contribution in [-0.2, 0) is 47.7 Å². The predicted octanol–water partition coefficient (Wildman–Crippen LogP) is 6.84. The van der Waals surface area contributed by atoms with Gasteiger partial charge in [0.25, 0.3) is 0 Å². The van der Waals surface area contributed by atoms with E-state index in [-0.39, 0.29) is 52.1 Å². The van der Waals surface area contributed by atoms with Crippen LogP contribution >= 0.6 is 0 Å². The van der Waals surface area contributed by atoms with Gasteiger partial charge in [-0.2, -0.15) is 0 Å². The molecule has 0 radical (unpaired) electrons. The molecule has 2 N–H and O–H groups in total. The molecule has 0 aromatic rings. The zero-order chi connectivity index (χ0) is 42.5. The summed E-state index contributed by atoms with van der Waals surface area (Å²) in [6.07, 6.45) is 5.46. The highest BCUT2D eigenvalue weighted by molar-refractivity contribution is 5.84. The van der Waals surface area contributed by atoms with Crippen LogP contribution in [0.2, 0.25) is 0 Å². The molecule has 0 bridgehead atoms. The van der Waals surface area contributed by atoms with Gasteiger partial charge in [0.1, 0.15) is 25.4 Å². The summed E-state index contributed by atoms with van der Waals surface area (Å²) < 4.78 is 28.2. The SMILES string of the molecule is CC(=O)OCC(OC(NC(=O)[C@]12CC[C@@H](C)[C@H](C)C1C1=CCC3[C@@]4(C)CC[C@H](O)C(C)(C)C4CC[C@@]3(C)[C@]1(C)CC2)[C@H](COC(C)=O)OC(C)=O)[C@@H](C)OC(C)=O. The topological polar surface area (TPSA) is 164 Å². The van der Waals surface area contributed by atoms with Gasteiger partial charge in [0.15, 0.2) is 12.3 Å². The molecular weight excluding hydrogens is 730 g/mol. The number of rotatable bonds is 12. The number of aliphatic hydroxyl groups excluding tert-OH is 1. The molecule has 322 valence electrons. The minimum atomic E-state index is -1.36. The molecule has 14 atom stereocenters. The second-order valence-corrected chi connectivity index (χ2v) is 19.8. The van der Waals surface area contributed by atoms with Gasteiger partial charge in [-0.1, -0.05) is 60.1 Å². The normalized spacial score (nSPS) is 38.8. The van der Waals surface area contributed by atoms with Crippen molar-refractivity contribution in [1.82, 2.24) is 5.32 Å². The zero-order valence-corrected chi connectivity index (χ0v) is 36.7. The fourth-order valence-corrected chi connectivity index (χ4v) is 13.0. The van der Waals surface area contributed by atoms with Crippen LogP contribution in [0.25, 0.3) is 0 Å². The highest BCUT2D eigenvalue weighted by Gasteiger charge is 2.69. The number of ether oxygens (including phenoxy) is 5. The van der Waals surface area contributed by atoms with Crippen molar-refractivity contribution in [2.75, 3.05) is 13.2 Å². The average Bonchev–Trinajstić information content (AvgIpc) is 3.10. The summed E-state index contributed by atoms with van der Waals surface area (Å²) in [5.74, 6) is -1.34. The monoisotopic (exact) mass is 802 g/mol. The molecule has 5 aliphatic rings. The van der Waals surface area contributed by atoms with E-state index in [4.69, 9.17) is 23.7 Å². The molecule has 0 heterocycles. The number of hydrogen-bond acceptors (Lipinski definition) is 11. The largest absolute Gasteiger partial charge is 0.463 e. The molecule has 4 saturated carbocycles. The quantitative estimate of drug-likeness (QED) is 0.0919. The Morgan fingerprint density at radius 3 is 1.98 bits per heavy atom. The maximum atomic E-state index is 15.4. The summed E-state index contributed by atoms with van der Waals surface area (Å²) in [5, 5.41) is 14.3. The van der Waals surface area contributed by atoms with Gasteiger partial charge in [0, 0.05) is 27.7 Å². The second-order valence-electron chi connectivity index (χ2n) is 19.8. The molecule has 0 spiro atoms. The third-order valence-electron chi connectivity index (χ3n) is 16.4. The molecular formula is C45H71NO11. The van der Waals surface area contributed by atoms with Crippen molar-refractivity contribution >= 4 is 29.8 Å². The third-order valence-corrected chi connectivity index (χ3v) is 16.4. The number of hydrogen-bond donors (Lipinski definition) is 2. The van der Waals surface area contributed by atoms with E-state index in [1.165, 1.54) is 33.3 Å². The summed E-state index contributed by atoms with van der Waals surface area (Å²) in [5.41, 5.74) is 0.347. The predicted molar refractivity (Wildman–Crippen MR) is 212 cm³/mol. The van der Waals surface area contributed by atoms with Crippen LogP contribution in [0.15, 0.2) is 11.6 Å². The van der Waals surface area contributed by atoms with Crippen LogP contribution in [0.3, 0.4) is 0 Å². The van der Waals surface area contributed by atoms with Gasteiger partial charge < -0.3 is 34.1 Å². The Kier molecular flexibility index (Phi) is 13.1. The first-order valence-electron chi connectivity index (χ1n) is 21.4. The summed E-state index contributed by atoms with van der Waals surface area (Å²) in [6.45, 7) is 22.3. The standard InChI is InChI=1S/C45H71NO11/c1-25-15-20-45(40(52)46-39(34(56-31(7)50)24-54-29(5)48)57-33(23-53-28(4)47)27(3)55-30(6)49)22-21-43(11)32(38(45)26(25)2)13-14-36-42(10)18-17-37(51)41(8,9)35(42)16-19-44(36,43)12/h13,25-27,33-39,51H,14-24H2,1-12H3,(H,46,52)/t25-,26+,27-,33?,34+,35?,36?,37+,38?,39?,42+,43-,44-,45+/m1/s1. The van der Waals surface area contributed by atoms with E-state index in [2.05, 4.69) is 59.9 Å². The molecule has 12 heteroatoms. The Bertz CT molecular complexity index is 1590. The van der Waals surface area contributed by atoms with E-state index in [0.717, 1.165) is 44.9 Å². The lowest BCUT2D eigenvalue weighted by Crippen LogP contribution is -2.66. The van der Waals surface area contributed by atoms with Gasteiger partial charge in [0.2, 0.25) is 5.91 Å². The lowest BCUT2D eigenvalue weighted by molar-refractivity contribution is -0.206. The molecule has 5 rings (SSSR count). The van der Waals surface area contributed by atoms with Crippen LogP contribution in [0.1, 0.15) is 141 Å². The van der Waals surface area contributed by atoms with Crippen molar-refractivity contribution in [3.8, 4) is 0 Å². The number of fused-ring (bicyclic) bond motifs is 7. The van der Waals surface area contributed by atoms with Gasteiger partial charge in [-0.05, 0) is 116 Å². The van der Waals surface area contributed by atoms with Crippen molar-refractivity contribution < 1.29 is 52.8 Å². The summed E-state index contributed by atoms with van der Waals surface area (Å²) in [6, 6.07) is 0. The number of carbonyl (C=O) groups is 5. The van der Waals surface area contributed by atoms with Crippen molar-refractivity contribution in [3.63, 3.8) is 0 Å². The van der Waals surface area contributed by atoms with Crippen LogP contribution in [-0.4, -0.2) is 78.7 Å². The first-order chi connectivity index (χ1) is 26.4. The van der Waals surface area contributed by atoms with Crippen molar-refractivity contribution in [1.29, 1.82) is 0 Å². The van der Waals surface area contributed by atoms with Gasteiger partial charge >= 0.3 is 23.9 Å². The van der Waals surface area contributed by atoms with Crippen molar-refractivity contribution in [2.24, 2.45) is 56.7 Å². The highest BCUT2D eigenvalue weighted by atomic mass is 16.6. The van der Waals surface area contributed by atoms with Crippen LogP contribution in [0.4, 0.5) is 0 Å². The Balaban J connectivity index is 1.55. The Labute approximate surface area is 340 Å². The molecule has 57 heavy (non-hydrogen) atoms. The number of amides is 1. The van der Waals surface area contributed by atoms with E-state index >= 15 is 4.79 Å². The molecule has 5 aliphatic carbocycles. The van der Waals surface area contributed by atoms with E-state index in [1.54, 1.807) is 6.92 Å². The fraction of sp³-hybridized carbons (Fsp3) is 0.844. The molecule has 5 unspecified atom stereocenters. The molecule has 0 aromatic heterocycles. The van der Waals surface area contributed by atoms with Crippen LogP contribution < -0.4 is 5.32 Å². The maximum absolute atomic E-state index is 15.4. The Hall–Kier alpha value is -2.99. The van der Waals surface area contributed by atoms with Crippen molar-refractivity contribution in [2.45, 2.75) is 172 Å². The average molecular weight is 802 g/mol. The fourth-order valence-electron chi connectivity index (χ4n) is 13.0. The molecule has 1 amide bonds. The van der Waals surface area contributed by atoms with E-state index < -0.39 is 60.4 Å². The highest BCUT2D eigenvalue weighted by Crippen LogP contribution is 2.75. The lowest BCUT2D eigenvalue weighted by Gasteiger charge is -2.71. The van der Waals surface area contributed by atoms with E-state index in [0.29, 0.717) is 30.6 Å². The second kappa shape index (κ2) is 16.6. The van der Waals surface area contributed by atoms with Gasteiger partial charge in [0.05, 0.1) is 11.5 Å². The Morgan fingerprint density at radius 2 is 1.39 bits per heavy atom. The number of aliphatic hydroxyl groups is 1. The summed E-state index contributed by atoms with van der Waals surface area (Å²) in [7, 11) is 0. The number of carbonyl (C=O) groups excluding carboxylic acids is 5. The minimum absolute atomic E-state index is 0.00334. The number of allylic oxidation sites excluding steroid dienone is 2. The smallest absolute Gasteiger partial charge is 0.303 e. The minimum Gasteiger partial charge on any atom is -0.463 e. The number of nitrogens with one attached hydrogen (secondary N) is 1. The summed E-state index contributed by atoms with van der Waals surface area (Å²) >= 11 is 0. The Morgan fingerprint density at radius 1 is 0.772 bits per heavy atom. The van der Waals surface area contributed by atoms with Gasteiger partial charge in [-0.15, -0.1) is 0 Å². The lowest BCUT2D eigenvalue weighted by atomic mass is 9.33. The summed E-state index contributed by atoms with van der Waals surface area (Å²) in [4.78, 5) is 63.8. The van der Waals surface area contributed by atoms with E-state index in [9.17, 15) is 24.3 Å². The molecule has 4 fully saturated rings. The zero-order valence-electron chi connectivity index (χ0n) is 36.7. The molecule has 12 nitrogen and oxygen atoms in total. The molecule has 0 saturated heterocycles. The first kappa shape index (κ1) is 45.1. The molecule has 0 aromatic carbocycles. The van der Waals surface area contributed by atoms with Crippen molar-refractivity contribution in [3.05, 3.63) is 11.6 Å². The van der Waals surface area contributed by atoms with Gasteiger partial charge in [-0.3, -0.25) is 24.0 Å². The number of esters is 4. The van der Waals surface area contributed by atoms with Crippen LogP contribution in [0.5, 0.6) is 0 Å². The van der Waals surface area contributed by atoms with E-state index in [1.807, 2.05) is 0 Å². The first-order valence-corrected chi connectivity index (χ1v) is 21.4. The third kappa shape index (κ3) is 8.16. The van der Waals surface area contributed by atoms with Crippen LogP contribution in [0, 0.1) is 56.7 Å².